The Bertz CT molecular complexity index is 744. The summed E-state index contributed by atoms with van der Waals surface area (Å²) in [7, 11) is -6.11. The average Bonchev–Trinajstić information content (AvgIpc) is 2.60. The molecule has 0 aromatic rings. The third kappa shape index (κ3) is 6.83. The summed E-state index contributed by atoms with van der Waals surface area (Å²) in [6.45, 7) is 0. The first-order chi connectivity index (χ1) is 15.3. The van der Waals surface area contributed by atoms with E-state index >= 15 is 0 Å². The molecule has 0 aliphatic heterocycles. The fourth-order valence-electron chi connectivity index (χ4n) is 2.26. The summed E-state index contributed by atoms with van der Waals surface area (Å²) in [5.74, 6) is -42.4. The molecule has 4 nitrogen and oxygen atoms in total. The lowest BCUT2D eigenvalue weighted by atomic mass is 9.94. The number of phosphoric ester groups is 1. The summed E-state index contributed by atoms with van der Waals surface area (Å²) in [6.07, 6.45) is -28.3. The SMILES string of the molecule is O=P(O)(O)OC(CCC(F)(F)C(F)(F)C(F)(F)C(F)(F)F)CCC(F)(F)C(F)(F)C(F)(F)C(F)(F)F. The van der Waals surface area contributed by atoms with Crippen LogP contribution in [0.25, 0.3) is 0 Å². The third-order valence-electron chi connectivity index (χ3n) is 4.27. The van der Waals surface area contributed by atoms with Crippen LogP contribution in [0, 0.1) is 0 Å². The Labute approximate surface area is 186 Å². The quantitative estimate of drug-likeness (QED) is 0.187. The van der Waals surface area contributed by atoms with Gasteiger partial charge >= 0.3 is 55.7 Å². The smallest absolute Gasteiger partial charge is 0.303 e. The van der Waals surface area contributed by atoms with Crippen LogP contribution in [0.5, 0.6) is 0 Å². The zero-order valence-corrected chi connectivity index (χ0v) is 17.3. The molecule has 0 atom stereocenters. The van der Waals surface area contributed by atoms with Crippen molar-refractivity contribution >= 4 is 7.82 Å². The highest BCUT2D eigenvalue weighted by atomic mass is 31.2. The molecule has 36 heavy (non-hydrogen) atoms. The van der Waals surface area contributed by atoms with Gasteiger partial charge in [-0.2, -0.15) is 79.0 Å². The number of phosphoric acid groups is 1. The number of hydrogen-bond donors (Lipinski definition) is 2. The first-order valence-electron chi connectivity index (χ1n) is 8.43. The largest absolute Gasteiger partial charge is 0.469 e. The van der Waals surface area contributed by atoms with Crippen LogP contribution in [-0.2, 0) is 9.09 Å². The Morgan fingerprint density at radius 2 is 0.778 bits per heavy atom. The topological polar surface area (TPSA) is 66.8 Å². The Hall–Kier alpha value is -1.15. The molecule has 0 unspecified atom stereocenters. The maximum Gasteiger partial charge on any atom is 0.469 e. The van der Waals surface area contributed by atoms with Gasteiger partial charge in [0.2, 0.25) is 0 Å². The molecule has 0 amide bonds. The molecule has 0 aromatic heterocycles. The summed E-state index contributed by atoms with van der Waals surface area (Å²) in [5, 5.41) is 0. The molecule has 218 valence electrons. The van der Waals surface area contributed by atoms with E-state index < -0.39 is 87.5 Å². The number of rotatable bonds is 12. The van der Waals surface area contributed by atoms with Crippen LogP contribution in [0.3, 0.4) is 0 Å². The zero-order valence-electron chi connectivity index (χ0n) is 16.4. The van der Waals surface area contributed by atoms with Crippen molar-refractivity contribution in [2.24, 2.45) is 0 Å². The van der Waals surface area contributed by atoms with Gasteiger partial charge in [0, 0.05) is 12.8 Å². The van der Waals surface area contributed by atoms with Gasteiger partial charge in [0.05, 0.1) is 6.10 Å². The maximum absolute atomic E-state index is 13.5. The van der Waals surface area contributed by atoms with E-state index in [1.807, 2.05) is 0 Å². The molecule has 0 aliphatic carbocycles. The number of hydrogen-bond acceptors (Lipinski definition) is 2. The molecule has 2 N–H and O–H groups in total. The summed E-state index contributed by atoms with van der Waals surface area (Å²) in [6, 6.07) is 0. The van der Waals surface area contributed by atoms with Crippen molar-refractivity contribution in [2.75, 3.05) is 0 Å². The van der Waals surface area contributed by atoms with Crippen molar-refractivity contribution in [1.82, 2.24) is 0 Å². The van der Waals surface area contributed by atoms with Crippen LogP contribution in [-0.4, -0.2) is 63.8 Å². The van der Waals surface area contributed by atoms with Gasteiger partial charge < -0.3 is 9.79 Å². The fraction of sp³-hybridized carbons (Fsp3) is 1.00. The minimum absolute atomic E-state index is 2.29. The summed E-state index contributed by atoms with van der Waals surface area (Å²) >= 11 is 0. The van der Waals surface area contributed by atoms with E-state index in [9.17, 15) is 83.6 Å². The molecular formula is C13H11F18O4P. The van der Waals surface area contributed by atoms with Gasteiger partial charge in [-0.15, -0.1) is 0 Å². The van der Waals surface area contributed by atoms with Crippen LogP contribution in [0.4, 0.5) is 79.0 Å². The van der Waals surface area contributed by atoms with Crippen molar-refractivity contribution in [2.45, 2.75) is 79.7 Å². The average molecular weight is 604 g/mol. The normalized spacial score (nSPS) is 16.1. The Kier molecular flexibility index (Phi) is 9.55. The van der Waals surface area contributed by atoms with Crippen molar-refractivity contribution in [3.05, 3.63) is 0 Å². The van der Waals surface area contributed by atoms with Gasteiger partial charge in [-0.05, 0) is 12.8 Å². The maximum atomic E-state index is 13.5. The van der Waals surface area contributed by atoms with Crippen LogP contribution < -0.4 is 0 Å². The molecule has 0 saturated carbocycles. The Morgan fingerprint density at radius 3 is 0.972 bits per heavy atom. The lowest BCUT2D eigenvalue weighted by molar-refractivity contribution is -0.397. The summed E-state index contributed by atoms with van der Waals surface area (Å²) in [5.41, 5.74) is 0. The van der Waals surface area contributed by atoms with Crippen molar-refractivity contribution in [1.29, 1.82) is 0 Å². The predicted molar refractivity (Wildman–Crippen MR) is 77.2 cm³/mol. The van der Waals surface area contributed by atoms with Gasteiger partial charge in [-0.1, -0.05) is 0 Å². The third-order valence-corrected chi connectivity index (χ3v) is 4.84. The van der Waals surface area contributed by atoms with E-state index in [1.54, 1.807) is 0 Å². The Morgan fingerprint density at radius 1 is 0.528 bits per heavy atom. The second kappa shape index (κ2) is 9.87. The van der Waals surface area contributed by atoms with E-state index in [1.165, 1.54) is 0 Å². The molecule has 0 fully saturated rings. The van der Waals surface area contributed by atoms with Crippen LogP contribution in [0.1, 0.15) is 25.7 Å². The second-order valence-electron chi connectivity index (χ2n) is 7.00. The first-order valence-corrected chi connectivity index (χ1v) is 9.96. The van der Waals surface area contributed by atoms with Crippen LogP contribution in [0.2, 0.25) is 0 Å². The summed E-state index contributed by atoms with van der Waals surface area (Å²) < 4.78 is 244. The number of alkyl halides is 18. The van der Waals surface area contributed by atoms with E-state index in [-0.39, 0.29) is 0 Å². The molecule has 0 spiro atoms. The monoisotopic (exact) mass is 604 g/mol. The van der Waals surface area contributed by atoms with Gasteiger partial charge in [0.1, 0.15) is 0 Å². The second-order valence-corrected chi connectivity index (χ2v) is 8.19. The highest BCUT2D eigenvalue weighted by molar-refractivity contribution is 7.46. The lowest BCUT2D eigenvalue weighted by Crippen LogP contribution is -2.61. The van der Waals surface area contributed by atoms with E-state index in [0.717, 1.165) is 0 Å². The predicted octanol–water partition coefficient (Wildman–Crippen LogP) is 6.96. The molecule has 23 heteroatoms. The van der Waals surface area contributed by atoms with E-state index in [4.69, 9.17) is 9.79 Å². The molecule has 0 bridgehead atoms. The summed E-state index contributed by atoms with van der Waals surface area (Å²) in [4.78, 5) is 17.0. The molecule has 0 rings (SSSR count). The first kappa shape index (κ1) is 34.9. The van der Waals surface area contributed by atoms with Gasteiger partial charge in [-0.25, -0.2) is 4.57 Å². The fourth-order valence-corrected chi connectivity index (χ4v) is 2.86. The molecule has 0 saturated heterocycles. The van der Waals surface area contributed by atoms with Gasteiger partial charge in [-0.3, -0.25) is 4.52 Å². The zero-order chi connectivity index (χ0) is 29.6. The lowest BCUT2D eigenvalue weighted by Gasteiger charge is -2.35. The minimum Gasteiger partial charge on any atom is -0.303 e. The van der Waals surface area contributed by atoms with Crippen molar-refractivity contribution < 1.29 is 97.9 Å². The molecule has 0 aliphatic rings. The molecule has 0 aromatic carbocycles. The highest BCUT2D eigenvalue weighted by Crippen LogP contribution is 2.56. The Balaban J connectivity index is 5.92. The standard InChI is InChI=1S/C13H11F18O4P/c14-6(15,8(18,19)10(22,23)12(26,27)28)3-1-5(35-36(32,33)34)2-4-7(16,17)9(20,21)11(24,25)13(29,30)31/h5H,1-4H2,(H2,32,33,34). The van der Waals surface area contributed by atoms with Crippen LogP contribution >= 0.6 is 7.82 Å². The molecular weight excluding hydrogens is 593 g/mol. The van der Waals surface area contributed by atoms with Gasteiger partial charge in [0.25, 0.3) is 0 Å². The van der Waals surface area contributed by atoms with Gasteiger partial charge in [0.15, 0.2) is 0 Å². The highest BCUT2D eigenvalue weighted by Gasteiger charge is 2.82. The van der Waals surface area contributed by atoms with Crippen molar-refractivity contribution in [3.8, 4) is 0 Å². The van der Waals surface area contributed by atoms with E-state index in [0.29, 0.717) is 0 Å². The van der Waals surface area contributed by atoms with Crippen molar-refractivity contribution in [3.63, 3.8) is 0 Å². The molecule has 0 radical (unpaired) electrons. The minimum atomic E-state index is -7.44. The molecule has 0 heterocycles. The van der Waals surface area contributed by atoms with Crippen LogP contribution in [0.15, 0.2) is 0 Å². The van der Waals surface area contributed by atoms with E-state index in [2.05, 4.69) is 4.52 Å². The number of halogens is 18.